The first-order valence-corrected chi connectivity index (χ1v) is 10.2. The van der Waals surface area contributed by atoms with Crippen LogP contribution in [0.5, 0.6) is 5.75 Å². The number of nitrogens with one attached hydrogen (secondary N) is 2. The number of esters is 1. The number of rotatable bonds is 8. The van der Waals surface area contributed by atoms with Crippen molar-refractivity contribution in [1.82, 2.24) is 15.2 Å². The van der Waals surface area contributed by atoms with Gasteiger partial charge in [0.2, 0.25) is 0 Å². The topological polar surface area (TPSA) is 118 Å². The molecule has 9 nitrogen and oxygen atoms in total. The Morgan fingerprint density at radius 3 is 2.34 bits per heavy atom. The van der Waals surface area contributed by atoms with Gasteiger partial charge in [-0.3, -0.25) is 14.5 Å². The van der Waals surface area contributed by atoms with Gasteiger partial charge in [0.15, 0.2) is 5.78 Å². The van der Waals surface area contributed by atoms with E-state index in [1.165, 1.54) is 7.11 Å². The fraction of sp³-hybridized carbons (Fsp3) is 0.391. The number of ether oxygens (including phenoxy) is 2. The number of aromatic amines is 1. The predicted molar refractivity (Wildman–Crippen MR) is 116 cm³/mol. The molecule has 32 heavy (non-hydrogen) atoms. The van der Waals surface area contributed by atoms with E-state index >= 15 is 0 Å². The lowest BCUT2D eigenvalue weighted by atomic mass is 9.93. The number of nitrogens with zero attached hydrogens (tertiary/aromatic N) is 1. The predicted octanol–water partition coefficient (Wildman–Crippen LogP) is 2.55. The summed E-state index contributed by atoms with van der Waals surface area (Å²) in [6.45, 7) is 4.50. The summed E-state index contributed by atoms with van der Waals surface area (Å²) in [6, 6.07) is 6.86. The van der Waals surface area contributed by atoms with Crippen molar-refractivity contribution < 1.29 is 28.7 Å². The summed E-state index contributed by atoms with van der Waals surface area (Å²) in [7, 11) is 2.85. The molecule has 170 valence electrons. The fourth-order valence-electron chi connectivity index (χ4n) is 3.91. The van der Waals surface area contributed by atoms with Gasteiger partial charge >= 0.3 is 12.0 Å². The molecule has 0 bridgehead atoms. The van der Waals surface area contributed by atoms with Crippen molar-refractivity contribution in [2.45, 2.75) is 39.2 Å². The average Bonchev–Trinajstić information content (AvgIpc) is 3.19. The van der Waals surface area contributed by atoms with Crippen molar-refractivity contribution in [3.05, 3.63) is 52.3 Å². The number of benzene rings is 1. The zero-order valence-electron chi connectivity index (χ0n) is 18.8. The fourth-order valence-corrected chi connectivity index (χ4v) is 3.91. The number of urea groups is 1. The zero-order valence-corrected chi connectivity index (χ0v) is 18.8. The normalized spacial score (nSPS) is 18.0. The van der Waals surface area contributed by atoms with Gasteiger partial charge in [-0.25, -0.2) is 9.59 Å². The van der Waals surface area contributed by atoms with Gasteiger partial charge in [-0.1, -0.05) is 12.1 Å². The molecule has 3 amide bonds. The van der Waals surface area contributed by atoms with Crippen molar-refractivity contribution in [1.29, 1.82) is 0 Å². The number of aromatic nitrogens is 1. The van der Waals surface area contributed by atoms with Crippen LogP contribution in [0.2, 0.25) is 0 Å². The molecule has 1 saturated heterocycles. The second-order valence-electron chi connectivity index (χ2n) is 8.04. The number of imide groups is 1. The van der Waals surface area contributed by atoms with Gasteiger partial charge in [-0.15, -0.1) is 0 Å². The molecular weight excluding hydrogens is 414 g/mol. The standard InChI is InChI=1S/C23H27N3O6/c1-13-18(20(28)32-5)14(2)24-19(13)17(27)12-26-21(29)23(3,25-22(26)30)11-10-15-6-8-16(31-4)9-7-15/h6-9,24H,10-12H2,1-5H3,(H,25,30). The van der Waals surface area contributed by atoms with Gasteiger partial charge in [0.05, 0.1) is 32.0 Å². The number of amides is 3. The molecule has 0 saturated carbocycles. The third-order valence-corrected chi connectivity index (χ3v) is 5.83. The van der Waals surface area contributed by atoms with E-state index in [1.54, 1.807) is 27.9 Å². The maximum atomic E-state index is 13.0. The highest BCUT2D eigenvalue weighted by Gasteiger charge is 2.48. The Morgan fingerprint density at radius 1 is 1.09 bits per heavy atom. The number of carbonyl (C=O) groups excluding carboxylic acids is 4. The quantitative estimate of drug-likeness (QED) is 0.369. The lowest BCUT2D eigenvalue weighted by molar-refractivity contribution is -0.130. The number of aryl methyl sites for hydroxylation is 2. The molecule has 1 atom stereocenters. The molecule has 2 heterocycles. The maximum Gasteiger partial charge on any atom is 0.339 e. The third-order valence-electron chi connectivity index (χ3n) is 5.83. The van der Waals surface area contributed by atoms with Gasteiger partial charge in [-0.2, -0.15) is 0 Å². The zero-order chi connectivity index (χ0) is 23.6. The van der Waals surface area contributed by atoms with E-state index in [-0.39, 0.29) is 11.3 Å². The number of H-pyrrole nitrogens is 1. The van der Waals surface area contributed by atoms with Crippen LogP contribution in [0, 0.1) is 13.8 Å². The first kappa shape index (κ1) is 23.1. The Bertz CT molecular complexity index is 1070. The molecule has 1 aliphatic heterocycles. The summed E-state index contributed by atoms with van der Waals surface area (Å²) in [5.41, 5.74) is 1.24. The first-order valence-electron chi connectivity index (χ1n) is 10.2. The lowest BCUT2D eigenvalue weighted by Gasteiger charge is -2.21. The van der Waals surface area contributed by atoms with Crippen molar-refractivity contribution in [3.63, 3.8) is 0 Å². The van der Waals surface area contributed by atoms with Gasteiger partial charge in [0.1, 0.15) is 11.3 Å². The summed E-state index contributed by atoms with van der Waals surface area (Å²) < 4.78 is 9.90. The van der Waals surface area contributed by atoms with Crippen LogP contribution >= 0.6 is 0 Å². The van der Waals surface area contributed by atoms with Crippen LogP contribution in [-0.4, -0.2) is 59.9 Å². The van der Waals surface area contributed by atoms with E-state index in [9.17, 15) is 19.2 Å². The molecule has 1 aliphatic rings. The molecule has 0 spiro atoms. The number of hydrogen-bond acceptors (Lipinski definition) is 6. The van der Waals surface area contributed by atoms with Crippen molar-refractivity contribution in [2.24, 2.45) is 0 Å². The highest BCUT2D eigenvalue weighted by molar-refractivity contribution is 6.11. The molecule has 1 aromatic carbocycles. The summed E-state index contributed by atoms with van der Waals surface area (Å²) in [5, 5.41) is 2.71. The number of Topliss-reactive ketones (excluding diaryl/α,β-unsaturated/α-hetero) is 1. The Kier molecular flexibility index (Phi) is 6.38. The summed E-state index contributed by atoms with van der Waals surface area (Å²) in [6.07, 6.45) is 0.938. The van der Waals surface area contributed by atoms with Crippen LogP contribution in [0.1, 0.15) is 51.0 Å². The maximum absolute atomic E-state index is 13.0. The van der Waals surface area contributed by atoms with E-state index in [2.05, 4.69) is 10.3 Å². The van der Waals surface area contributed by atoms with Gasteiger partial charge in [-0.05, 0) is 56.9 Å². The Hall–Kier alpha value is -3.62. The van der Waals surface area contributed by atoms with E-state index < -0.39 is 35.8 Å². The molecule has 3 rings (SSSR count). The molecule has 1 unspecified atom stereocenters. The van der Waals surface area contributed by atoms with Gasteiger partial charge in [0.25, 0.3) is 5.91 Å². The van der Waals surface area contributed by atoms with E-state index in [1.807, 2.05) is 24.3 Å². The number of carbonyl (C=O) groups is 4. The Morgan fingerprint density at radius 2 is 1.75 bits per heavy atom. The molecule has 0 aliphatic carbocycles. The largest absolute Gasteiger partial charge is 0.497 e. The summed E-state index contributed by atoms with van der Waals surface area (Å²) in [4.78, 5) is 54.2. The molecule has 1 fully saturated rings. The monoisotopic (exact) mass is 441 g/mol. The molecule has 2 aromatic rings. The number of ketones is 1. The minimum absolute atomic E-state index is 0.176. The summed E-state index contributed by atoms with van der Waals surface area (Å²) >= 11 is 0. The van der Waals surface area contributed by atoms with Crippen LogP contribution in [0.3, 0.4) is 0 Å². The first-order chi connectivity index (χ1) is 15.1. The Balaban J connectivity index is 1.71. The second kappa shape index (κ2) is 8.86. The van der Waals surface area contributed by atoms with Crippen molar-refractivity contribution >= 4 is 23.7 Å². The lowest BCUT2D eigenvalue weighted by Crippen LogP contribution is -2.44. The molecule has 9 heteroatoms. The van der Waals surface area contributed by atoms with E-state index in [4.69, 9.17) is 9.47 Å². The SMILES string of the molecule is COC(=O)c1c(C)[nH]c(C(=O)CN2C(=O)NC(C)(CCc3ccc(OC)cc3)C2=O)c1C. The van der Waals surface area contributed by atoms with Gasteiger partial charge in [0, 0.05) is 5.69 Å². The molecule has 2 N–H and O–H groups in total. The minimum atomic E-state index is -1.12. The number of methoxy groups -OCH3 is 2. The second-order valence-corrected chi connectivity index (χ2v) is 8.04. The van der Waals surface area contributed by atoms with Crippen LogP contribution in [-0.2, 0) is 16.0 Å². The van der Waals surface area contributed by atoms with E-state index in [0.29, 0.717) is 24.1 Å². The van der Waals surface area contributed by atoms with Crippen molar-refractivity contribution in [3.8, 4) is 5.75 Å². The molecular formula is C23H27N3O6. The van der Waals surface area contributed by atoms with Gasteiger partial charge < -0.3 is 19.8 Å². The van der Waals surface area contributed by atoms with Crippen LogP contribution in [0.4, 0.5) is 4.79 Å². The smallest absolute Gasteiger partial charge is 0.339 e. The van der Waals surface area contributed by atoms with E-state index in [0.717, 1.165) is 16.2 Å². The molecule has 1 aromatic heterocycles. The Labute approximate surface area is 186 Å². The highest BCUT2D eigenvalue weighted by Crippen LogP contribution is 2.25. The number of hydrogen-bond donors (Lipinski definition) is 2. The van der Waals surface area contributed by atoms with Crippen LogP contribution in [0.25, 0.3) is 0 Å². The molecule has 0 radical (unpaired) electrons. The van der Waals surface area contributed by atoms with Crippen LogP contribution < -0.4 is 10.1 Å². The summed E-state index contributed by atoms with van der Waals surface area (Å²) in [5.74, 6) is -0.751. The highest BCUT2D eigenvalue weighted by atomic mass is 16.5. The van der Waals surface area contributed by atoms with Crippen molar-refractivity contribution in [2.75, 3.05) is 20.8 Å². The van der Waals surface area contributed by atoms with Crippen LogP contribution in [0.15, 0.2) is 24.3 Å². The minimum Gasteiger partial charge on any atom is -0.497 e. The third kappa shape index (κ3) is 4.23. The average molecular weight is 441 g/mol.